The highest BCUT2D eigenvalue weighted by molar-refractivity contribution is 5.91. The summed E-state index contributed by atoms with van der Waals surface area (Å²) in [5, 5.41) is 0. The summed E-state index contributed by atoms with van der Waals surface area (Å²) in [6.07, 6.45) is 2.47. The molecule has 0 aliphatic carbocycles. The van der Waals surface area contributed by atoms with Crippen LogP contribution in [-0.4, -0.2) is 24.8 Å². The van der Waals surface area contributed by atoms with Gasteiger partial charge >= 0.3 is 6.09 Å². The molecular formula is C16H24N2O2. The van der Waals surface area contributed by atoms with Crippen LogP contribution in [0.2, 0.25) is 0 Å². The third kappa shape index (κ3) is 3.31. The van der Waals surface area contributed by atoms with E-state index < -0.39 is 5.60 Å². The number of para-hydroxylation sites is 1. The van der Waals surface area contributed by atoms with Gasteiger partial charge in [0.1, 0.15) is 5.60 Å². The molecule has 0 unspecified atom stereocenters. The van der Waals surface area contributed by atoms with Crippen LogP contribution in [0.15, 0.2) is 18.2 Å². The van der Waals surface area contributed by atoms with Gasteiger partial charge in [0.2, 0.25) is 0 Å². The lowest BCUT2D eigenvalue weighted by Gasteiger charge is -2.26. The Labute approximate surface area is 120 Å². The minimum Gasteiger partial charge on any atom is -0.443 e. The van der Waals surface area contributed by atoms with E-state index in [-0.39, 0.29) is 6.09 Å². The Morgan fingerprint density at radius 2 is 2.15 bits per heavy atom. The highest BCUT2D eigenvalue weighted by Gasteiger charge is 2.30. The second kappa shape index (κ2) is 5.83. The number of nitrogens with zero attached hydrogens (tertiary/aromatic N) is 1. The third-order valence-electron chi connectivity index (χ3n) is 3.34. The van der Waals surface area contributed by atoms with E-state index in [0.29, 0.717) is 13.1 Å². The number of hydrogen-bond donors (Lipinski definition) is 1. The molecule has 2 rings (SSSR count). The van der Waals surface area contributed by atoms with Gasteiger partial charge in [0.15, 0.2) is 0 Å². The van der Waals surface area contributed by atoms with E-state index in [1.54, 1.807) is 4.90 Å². The zero-order valence-electron chi connectivity index (χ0n) is 12.6. The number of benzene rings is 1. The Hall–Kier alpha value is -1.55. The molecule has 4 heteroatoms. The maximum absolute atomic E-state index is 12.3. The summed E-state index contributed by atoms with van der Waals surface area (Å²) in [5.74, 6) is 0. The number of ether oxygens (including phenoxy) is 1. The number of anilines is 1. The van der Waals surface area contributed by atoms with Gasteiger partial charge in [0.25, 0.3) is 0 Å². The fraction of sp³-hybridized carbons (Fsp3) is 0.562. The van der Waals surface area contributed by atoms with E-state index in [1.807, 2.05) is 20.8 Å². The van der Waals surface area contributed by atoms with E-state index >= 15 is 0 Å². The molecule has 0 spiro atoms. The lowest BCUT2D eigenvalue weighted by Crippen LogP contribution is -2.36. The molecule has 0 aromatic heterocycles. The number of carbonyl (C=O) groups excluding carboxylic acids is 1. The molecule has 1 aliphatic rings. The van der Waals surface area contributed by atoms with Crippen molar-refractivity contribution in [1.82, 2.24) is 0 Å². The van der Waals surface area contributed by atoms with Gasteiger partial charge in [0, 0.05) is 6.54 Å². The predicted octanol–water partition coefficient (Wildman–Crippen LogP) is 2.88. The highest BCUT2D eigenvalue weighted by atomic mass is 16.6. The molecule has 110 valence electrons. The quantitative estimate of drug-likeness (QED) is 0.923. The van der Waals surface area contributed by atoms with Crippen LogP contribution >= 0.6 is 0 Å². The van der Waals surface area contributed by atoms with Gasteiger partial charge in [0.05, 0.1) is 5.69 Å². The summed E-state index contributed by atoms with van der Waals surface area (Å²) >= 11 is 0. The number of nitrogens with two attached hydrogens (primary N) is 1. The molecular weight excluding hydrogens is 252 g/mol. The zero-order chi connectivity index (χ0) is 14.8. The number of aryl methyl sites for hydroxylation is 1. The van der Waals surface area contributed by atoms with Gasteiger partial charge in [-0.15, -0.1) is 0 Å². The van der Waals surface area contributed by atoms with Crippen LogP contribution in [0.4, 0.5) is 10.5 Å². The molecule has 20 heavy (non-hydrogen) atoms. The van der Waals surface area contributed by atoms with Crippen molar-refractivity contribution in [3.63, 3.8) is 0 Å². The Morgan fingerprint density at radius 3 is 2.80 bits per heavy atom. The van der Waals surface area contributed by atoms with Crippen molar-refractivity contribution < 1.29 is 9.53 Å². The number of amides is 1. The second-order valence-corrected chi connectivity index (χ2v) is 6.20. The van der Waals surface area contributed by atoms with Gasteiger partial charge in [-0.05, 0) is 57.7 Å². The van der Waals surface area contributed by atoms with Crippen LogP contribution in [0.25, 0.3) is 0 Å². The first-order valence-corrected chi connectivity index (χ1v) is 7.24. The lowest BCUT2D eigenvalue weighted by atomic mass is 10.0. The predicted molar refractivity (Wildman–Crippen MR) is 81.1 cm³/mol. The third-order valence-corrected chi connectivity index (χ3v) is 3.34. The maximum atomic E-state index is 12.3. The van der Waals surface area contributed by atoms with Crippen LogP contribution in [-0.2, 0) is 17.6 Å². The molecule has 0 saturated carbocycles. The first kappa shape index (κ1) is 14.9. The standard InChI is InChI=1S/C16H24N2O2/c1-16(2,3)20-15(19)18-11-9-13-7-4-6-12(14(13)18)8-5-10-17/h4,6-7H,5,8-11,17H2,1-3H3. The molecule has 0 atom stereocenters. The van der Waals surface area contributed by atoms with Crippen molar-refractivity contribution in [3.8, 4) is 0 Å². The molecule has 1 aliphatic heterocycles. The van der Waals surface area contributed by atoms with E-state index in [1.165, 1.54) is 11.1 Å². The summed E-state index contributed by atoms with van der Waals surface area (Å²) in [5.41, 5.74) is 8.58. The first-order chi connectivity index (χ1) is 9.42. The minimum absolute atomic E-state index is 0.253. The number of fused-ring (bicyclic) bond motifs is 1. The summed E-state index contributed by atoms with van der Waals surface area (Å²) in [6, 6.07) is 6.23. The fourth-order valence-electron chi connectivity index (χ4n) is 2.53. The second-order valence-electron chi connectivity index (χ2n) is 6.20. The Morgan fingerprint density at radius 1 is 1.40 bits per heavy atom. The van der Waals surface area contributed by atoms with Crippen molar-refractivity contribution >= 4 is 11.8 Å². The summed E-state index contributed by atoms with van der Waals surface area (Å²) in [4.78, 5) is 14.1. The first-order valence-electron chi connectivity index (χ1n) is 7.24. The maximum Gasteiger partial charge on any atom is 0.414 e. The fourth-order valence-corrected chi connectivity index (χ4v) is 2.53. The highest BCUT2D eigenvalue weighted by Crippen LogP contribution is 2.33. The largest absolute Gasteiger partial charge is 0.443 e. The summed E-state index contributed by atoms with van der Waals surface area (Å²) in [7, 11) is 0. The number of carbonyl (C=O) groups is 1. The SMILES string of the molecule is CC(C)(C)OC(=O)N1CCc2cccc(CCCN)c21. The molecule has 0 fully saturated rings. The smallest absolute Gasteiger partial charge is 0.414 e. The van der Waals surface area contributed by atoms with Crippen LogP contribution in [0.5, 0.6) is 0 Å². The normalized spacial score (nSPS) is 14.3. The molecule has 4 nitrogen and oxygen atoms in total. The average molecular weight is 276 g/mol. The number of hydrogen-bond acceptors (Lipinski definition) is 3. The Balaban J connectivity index is 2.24. The summed E-state index contributed by atoms with van der Waals surface area (Å²) in [6.45, 7) is 7.03. The minimum atomic E-state index is -0.466. The monoisotopic (exact) mass is 276 g/mol. The van der Waals surface area contributed by atoms with Gasteiger partial charge in [-0.1, -0.05) is 18.2 Å². The molecule has 2 N–H and O–H groups in total. The van der Waals surface area contributed by atoms with Crippen LogP contribution in [0.1, 0.15) is 38.3 Å². The molecule has 1 heterocycles. The van der Waals surface area contributed by atoms with Crippen molar-refractivity contribution in [3.05, 3.63) is 29.3 Å². The molecule has 0 saturated heterocycles. The van der Waals surface area contributed by atoms with Gasteiger partial charge in [-0.3, -0.25) is 4.90 Å². The van der Waals surface area contributed by atoms with Crippen molar-refractivity contribution in [2.45, 2.75) is 45.6 Å². The molecule has 1 amide bonds. The molecule has 1 aromatic rings. The van der Waals surface area contributed by atoms with Crippen molar-refractivity contribution in [2.75, 3.05) is 18.0 Å². The zero-order valence-corrected chi connectivity index (χ0v) is 12.6. The molecule has 0 radical (unpaired) electrons. The van der Waals surface area contributed by atoms with Gasteiger partial charge in [-0.2, -0.15) is 0 Å². The number of rotatable bonds is 3. The van der Waals surface area contributed by atoms with E-state index in [2.05, 4.69) is 18.2 Å². The van der Waals surface area contributed by atoms with Crippen molar-refractivity contribution in [1.29, 1.82) is 0 Å². The van der Waals surface area contributed by atoms with E-state index in [4.69, 9.17) is 10.5 Å². The Bertz CT molecular complexity index is 492. The van der Waals surface area contributed by atoms with E-state index in [9.17, 15) is 4.79 Å². The Kier molecular flexibility index (Phi) is 4.33. The van der Waals surface area contributed by atoms with Gasteiger partial charge < -0.3 is 10.5 Å². The topological polar surface area (TPSA) is 55.6 Å². The van der Waals surface area contributed by atoms with Crippen LogP contribution in [0.3, 0.4) is 0 Å². The van der Waals surface area contributed by atoms with Crippen molar-refractivity contribution in [2.24, 2.45) is 5.73 Å². The lowest BCUT2D eigenvalue weighted by molar-refractivity contribution is 0.0583. The summed E-state index contributed by atoms with van der Waals surface area (Å²) < 4.78 is 5.50. The molecule has 0 bridgehead atoms. The van der Waals surface area contributed by atoms with E-state index in [0.717, 1.165) is 24.9 Å². The molecule has 1 aromatic carbocycles. The van der Waals surface area contributed by atoms with Gasteiger partial charge in [-0.25, -0.2) is 4.79 Å². The van der Waals surface area contributed by atoms with Crippen LogP contribution in [0, 0.1) is 0 Å². The van der Waals surface area contributed by atoms with Crippen LogP contribution < -0.4 is 10.6 Å². The average Bonchev–Trinajstić information content (AvgIpc) is 2.78.